The topological polar surface area (TPSA) is 41.4 Å². The van der Waals surface area contributed by atoms with Gasteiger partial charge in [-0.1, -0.05) is 44.2 Å². The molecule has 5 heteroatoms. The summed E-state index contributed by atoms with van der Waals surface area (Å²) in [6.45, 7) is 6.07. The molecule has 0 N–H and O–H groups in total. The fourth-order valence-electron chi connectivity index (χ4n) is 3.76. The van der Waals surface area contributed by atoms with Crippen LogP contribution in [-0.2, 0) is 7.05 Å². The van der Waals surface area contributed by atoms with Gasteiger partial charge in [0.05, 0.1) is 5.69 Å². The van der Waals surface area contributed by atoms with Crippen molar-refractivity contribution in [3.05, 3.63) is 42.1 Å². The Kier molecular flexibility index (Phi) is 4.95. The summed E-state index contributed by atoms with van der Waals surface area (Å²) >= 11 is 0. The molecular weight excluding hydrogens is 312 g/mol. The van der Waals surface area contributed by atoms with Crippen LogP contribution in [0, 0.1) is 11.8 Å². The van der Waals surface area contributed by atoms with Gasteiger partial charge in [0.2, 0.25) is 0 Å². The zero-order valence-corrected chi connectivity index (χ0v) is 15.8. The summed E-state index contributed by atoms with van der Waals surface area (Å²) in [5, 5.41) is 4.54. The Morgan fingerprint density at radius 1 is 1.20 bits per heavy atom. The van der Waals surface area contributed by atoms with E-state index < -0.39 is 0 Å². The molecule has 1 aliphatic rings. The van der Waals surface area contributed by atoms with Crippen LogP contribution in [0.4, 0.5) is 0 Å². The molecule has 1 saturated heterocycles. The van der Waals surface area contributed by atoms with Crippen LogP contribution in [0.5, 0.6) is 0 Å². The van der Waals surface area contributed by atoms with E-state index in [1.165, 1.54) is 0 Å². The van der Waals surface area contributed by atoms with E-state index in [1.54, 1.807) is 4.68 Å². The van der Waals surface area contributed by atoms with Crippen LogP contribution in [0.1, 0.15) is 24.3 Å². The van der Waals surface area contributed by atoms with E-state index in [2.05, 4.69) is 37.9 Å². The van der Waals surface area contributed by atoms with E-state index in [4.69, 9.17) is 0 Å². The molecule has 0 aliphatic carbocycles. The third kappa shape index (κ3) is 3.47. The largest absolute Gasteiger partial charge is 0.335 e. The van der Waals surface area contributed by atoms with Crippen LogP contribution >= 0.6 is 0 Å². The van der Waals surface area contributed by atoms with Gasteiger partial charge >= 0.3 is 0 Å². The maximum Gasteiger partial charge on any atom is 0.272 e. The van der Waals surface area contributed by atoms with E-state index in [-0.39, 0.29) is 5.91 Å². The molecule has 1 aliphatic heterocycles. The first-order valence-electron chi connectivity index (χ1n) is 8.93. The molecule has 25 heavy (non-hydrogen) atoms. The normalized spacial score (nSPS) is 20.7. The highest BCUT2D eigenvalue weighted by molar-refractivity contribution is 5.94. The number of carbonyl (C=O) groups is 1. The Bertz CT molecular complexity index is 719. The van der Waals surface area contributed by atoms with E-state index >= 15 is 0 Å². The van der Waals surface area contributed by atoms with Crippen LogP contribution in [0.3, 0.4) is 0 Å². The smallest absolute Gasteiger partial charge is 0.272 e. The first-order chi connectivity index (χ1) is 11.9. The number of benzene rings is 1. The molecule has 1 aromatic carbocycles. The van der Waals surface area contributed by atoms with E-state index in [9.17, 15) is 4.79 Å². The molecule has 0 bridgehead atoms. The molecule has 5 nitrogen and oxygen atoms in total. The second-order valence-corrected chi connectivity index (χ2v) is 7.55. The highest BCUT2D eigenvalue weighted by atomic mass is 16.2. The SMILES string of the molecule is CC(C)[C@@H]1CN(C(=O)c2cc(-c3ccccc3)nn2C)C[C@H]1N(C)C. The van der Waals surface area contributed by atoms with Crippen LogP contribution in [-0.4, -0.2) is 58.7 Å². The Hall–Kier alpha value is -2.14. The standard InChI is InChI=1S/C20H28N4O/c1-14(2)16-12-24(13-19(16)22(3)4)20(25)18-11-17(21-23(18)5)15-9-7-6-8-10-15/h6-11,14,16,19H,12-13H2,1-5H3/t16-,19+/m0/s1. The van der Waals surface area contributed by atoms with Gasteiger partial charge in [0.1, 0.15) is 5.69 Å². The highest BCUT2D eigenvalue weighted by Crippen LogP contribution is 2.29. The van der Waals surface area contributed by atoms with Crippen molar-refractivity contribution in [3.8, 4) is 11.3 Å². The fourth-order valence-corrected chi connectivity index (χ4v) is 3.76. The zero-order chi connectivity index (χ0) is 18.1. The molecule has 1 amide bonds. The quantitative estimate of drug-likeness (QED) is 0.859. The molecule has 2 atom stereocenters. The monoisotopic (exact) mass is 340 g/mol. The van der Waals surface area contributed by atoms with Crippen molar-refractivity contribution in [1.82, 2.24) is 19.6 Å². The lowest BCUT2D eigenvalue weighted by Gasteiger charge is -2.27. The number of rotatable bonds is 4. The van der Waals surface area contributed by atoms with Crippen molar-refractivity contribution in [1.29, 1.82) is 0 Å². The van der Waals surface area contributed by atoms with Crippen LogP contribution < -0.4 is 0 Å². The van der Waals surface area contributed by atoms with Crippen LogP contribution in [0.25, 0.3) is 11.3 Å². The van der Waals surface area contributed by atoms with Crippen molar-refractivity contribution in [2.24, 2.45) is 18.9 Å². The number of hydrogen-bond donors (Lipinski definition) is 0. The number of likely N-dealkylation sites (N-methyl/N-ethyl adjacent to an activating group) is 1. The van der Waals surface area contributed by atoms with Crippen molar-refractivity contribution >= 4 is 5.91 Å². The number of carbonyl (C=O) groups excluding carboxylic acids is 1. The Morgan fingerprint density at radius 2 is 1.88 bits per heavy atom. The van der Waals surface area contributed by atoms with Crippen LogP contribution in [0.15, 0.2) is 36.4 Å². The van der Waals surface area contributed by atoms with E-state index in [1.807, 2.05) is 48.3 Å². The first-order valence-corrected chi connectivity index (χ1v) is 8.93. The minimum Gasteiger partial charge on any atom is -0.335 e. The lowest BCUT2D eigenvalue weighted by atomic mass is 9.91. The fraction of sp³-hybridized carbons (Fsp3) is 0.500. The van der Waals surface area contributed by atoms with E-state index in [0.717, 1.165) is 24.3 Å². The predicted molar refractivity (Wildman–Crippen MR) is 100 cm³/mol. The van der Waals surface area contributed by atoms with Gasteiger partial charge in [0, 0.05) is 31.7 Å². The molecule has 1 aromatic heterocycles. The number of aromatic nitrogens is 2. The average Bonchev–Trinajstić information content (AvgIpc) is 3.19. The molecule has 0 radical (unpaired) electrons. The molecule has 0 spiro atoms. The molecule has 0 saturated carbocycles. The number of nitrogens with zero attached hydrogens (tertiary/aromatic N) is 4. The molecule has 0 unspecified atom stereocenters. The van der Waals surface area contributed by atoms with Gasteiger partial charge < -0.3 is 9.80 Å². The third-order valence-corrected chi connectivity index (χ3v) is 5.31. The summed E-state index contributed by atoms with van der Waals surface area (Å²) in [6.07, 6.45) is 0. The van der Waals surface area contributed by atoms with E-state index in [0.29, 0.717) is 23.6 Å². The second-order valence-electron chi connectivity index (χ2n) is 7.55. The van der Waals surface area contributed by atoms with Crippen molar-refractivity contribution in [3.63, 3.8) is 0 Å². The average molecular weight is 340 g/mol. The summed E-state index contributed by atoms with van der Waals surface area (Å²) in [5.74, 6) is 1.13. The molecule has 134 valence electrons. The van der Waals surface area contributed by atoms with Gasteiger partial charge in [-0.25, -0.2) is 0 Å². The Morgan fingerprint density at radius 3 is 2.44 bits per heavy atom. The summed E-state index contributed by atoms with van der Waals surface area (Å²) in [4.78, 5) is 17.3. The minimum atomic E-state index is 0.0761. The van der Waals surface area contributed by atoms with Crippen molar-refractivity contribution in [2.45, 2.75) is 19.9 Å². The molecule has 3 rings (SSSR count). The Labute approximate surface area is 150 Å². The lowest BCUT2D eigenvalue weighted by molar-refractivity contribution is 0.0769. The number of amides is 1. The van der Waals surface area contributed by atoms with Gasteiger partial charge in [0.25, 0.3) is 5.91 Å². The second kappa shape index (κ2) is 7.00. The molecule has 1 fully saturated rings. The minimum absolute atomic E-state index is 0.0761. The number of likely N-dealkylation sites (tertiary alicyclic amines) is 1. The van der Waals surface area contributed by atoms with Crippen LogP contribution in [0.2, 0.25) is 0 Å². The summed E-state index contributed by atoms with van der Waals surface area (Å²) in [6, 6.07) is 12.3. The van der Waals surface area contributed by atoms with Gasteiger partial charge in [0.15, 0.2) is 0 Å². The highest BCUT2D eigenvalue weighted by Gasteiger charge is 2.38. The summed E-state index contributed by atoms with van der Waals surface area (Å²) < 4.78 is 1.71. The predicted octanol–water partition coefficient (Wildman–Crippen LogP) is 2.75. The first kappa shape index (κ1) is 17.7. The summed E-state index contributed by atoms with van der Waals surface area (Å²) in [7, 11) is 6.05. The maximum atomic E-state index is 13.1. The molecule has 2 aromatic rings. The Balaban J connectivity index is 1.83. The zero-order valence-electron chi connectivity index (χ0n) is 15.8. The third-order valence-electron chi connectivity index (χ3n) is 5.31. The summed E-state index contributed by atoms with van der Waals surface area (Å²) in [5.41, 5.74) is 2.53. The maximum absolute atomic E-state index is 13.1. The van der Waals surface area contributed by atoms with Gasteiger partial charge in [-0.05, 0) is 32.0 Å². The van der Waals surface area contributed by atoms with Gasteiger partial charge in [-0.3, -0.25) is 9.48 Å². The van der Waals surface area contributed by atoms with Gasteiger partial charge in [-0.15, -0.1) is 0 Å². The van der Waals surface area contributed by atoms with Gasteiger partial charge in [-0.2, -0.15) is 5.10 Å². The lowest BCUT2D eigenvalue weighted by Crippen LogP contribution is -2.37. The molecule has 2 heterocycles. The number of hydrogen-bond acceptors (Lipinski definition) is 3. The number of aryl methyl sites for hydroxylation is 1. The van der Waals surface area contributed by atoms with Crippen molar-refractivity contribution < 1.29 is 4.79 Å². The van der Waals surface area contributed by atoms with Crippen molar-refractivity contribution in [2.75, 3.05) is 27.2 Å². The molecular formula is C20H28N4O.